The molecule has 0 bridgehead atoms. The van der Waals surface area contributed by atoms with Gasteiger partial charge in [-0.1, -0.05) is 20.3 Å². The topological polar surface area (TPSA) is 70.4 Å². The number of piperidine rings is 1. The smallest absolute Gasteiger partial charge is 0.222 e. The van der Waals surface area contributed by atoms with Crippen LogP contribution in [0.15, 0.2) is 0 Å². The molecule has 6 nitrogen and oxygen atoms in total. The van der Waals surface area contributed by atoms with Crippen molar-refractivity contribution in [2.24, 2.45) is 5.92 Å². The molecule has 1 aliphatic rings. The Morgan fingerprint density at radius 3 is 2.75 bits per heavy atom. The van der Waals surface area contributed by atoms with Gasteiger partial charge in [0, 0.05) is 43.4 Å². The zero-order valence-electron chi connectivity index (χ0n) is 15.5. The summed E-state index contributed by atoms with van der Waals surface area (Å²) < 4.78 is 1.88. The van der Waals surface area contributed by atoms with E-state index in [0.717, 1.165) is 43.9 Å². The molecule has 0 spiro atoms. The van der Waals surface area contributed by atoms with Gasteiger partial charge in [-0.05, 0) is 26.2 Å². The SMILES string of the molecule is CCC(=O)N1CC[C@H](NCc2c(C)nn(CCO)c2C)[C@H](CC)C1. The molecule has 0 aromatic carbocycles. The zero-order chi connectivity index (χ0) is 17.7. The Balaban J connectivity index is 1.98. The van der Waals surface area contributed by atoms with Gasteiger partial charge in [0.15, 0.2) is 0 Å². The van der Waals surface area contributed by atoms with Crippen LogP contribution in [0.25, 0.3) is 0 Å². The summed E-state index contributed by atoms with van der Waals surface area (Å²) in [5.74, 6) is 0.770. The number of rotatable bonds is 7. The molecule has 0 unspecified atom stereocenters. The minimum absolute atomic E-state index is 0.108. The van der Waals surface area contributed by atoms with E-state index in [1.807, 2.05) is 23.4 Å². The Labute approximate surface area is 145 Å². The number of aryl methyl sites for hydroxylation is 1. The van der Waals surface area contributed by atoms with Crippen LogP contribution in [0.1, 0.15) is 50.1 Å². The molecule has 1 aromatic heterocycles. The molecule has 1 saturated heterocycles. The second-order valence-electron chi connectivity index (χ2n) is 6.73. The van der Waals surface area contributed by atoms with Crippen molar-refractivity contribution in [1.82, 2.24) is 20.0 Å². The number of aromatic nitrogens is 2. The molecule has 0 aliphatic carbocycles. The van der Waals surface area contributed by atoms with E-state index in [0.29, 0.717) is 24.9 Å². The molecule has 0 radical (unpaired) electrons. The molecule has 2 rings (SSSR count). The predicted molar refractivity (Wildman–Crippen MR) is 94.7 cm³/mol. The first-order valence-electron chi connectivity index (χ1n) is 9.16. The normalized spacial score (nSPS) is 21.3. The van der Waals surface area contributed by atoms with Gasteiger partial charge < -0.3 is 15.3 Å². The minimum Gasteiger partial charge on any atom is -0.394 e. The third-order valence-corrected chi connectivity index (χ3v) is 5.30. The Morgan fingerprint density at radius 2 is 2.12 bits per heavy atom. The molecule has 24 heavy (non-hydrogen) atoms. The number of likely N-dealkylation sites (tertiary alicyclic amines) is 1. The molecule has 0 saturated carbocycles. The molecule has 1 aliphatic heterocycles. The summed E-state index contributed by atoms with van der Waals surface area (Å²) in [4.78, 5) is 14.0. The number of nitrogens with one attached hydrogen (secondary N) is 1. The molecule has 6 heteroatoms. The van der Waals surface area contributed by atoms with Crippen molar-refractivity contribution in [3.05, 3.63) is 17.0 Å². The highest BCUT2D eigenvalue weighted by atomic mass is 16.3. The van der Waals surface area contributed by atoms with Crippen LogP contribution in [0.3, 0.4) is 0 Å². The van der Waals surface area contributed by atoms with Gasteiger partial charge in [0.2, 0.25) is 5.91 Å². The standard InChI is InChI=1S/C18H32N4O2/c1-5-15-12-21(18(24)6-2)8-7-17(15)19-11-16-13(3)20-22(9-10-23)14(16)4/h15,17,19,23H,5-12H2,1-4H3/t15-,17+/m1/s1. The fourth-order valence-electron chi connectivity index (χ4n) is 3.70. The Kier molecular flexibility index (Phi) is 6.80. The number of amides is 1. The van der Waals surface area contributed by atoms with Crippen molar-refractivity contribution < 1.29 is 9.90 Å². The number of nitrogens with zero attached hydrogens (tertiary/aromatic N) is 3. The second-order valence-corrected chi connectivity index (χ2v) is 6.73. The number of aliphatic hydroxyl groups excluding tert-OH is 1. The molecular formula is C18H32N4O2. The lowest BCUT2D eigenvalue weighted by molar-refractivity contribution is -0.133. The Bertz CT molecular complexity index is 555. The zero-order valence-corrected chi connectivity index (χ0v) is 15.5. The van der Waals surface area contributed by atoms with E-state index in [1.54, 1.807) is 0 Å². The van der Waals surface area contributed by atoms with Crippen LogP contribution in [0, 0.1) is 19.8 Å². The molecular weight excluding hydrogens is 304 g/mol. The quantitative estimate of drug-likeness (QED) is 0.794. The van der Waals surface area contributed by atoms with Crippen LogP contribution < -0.4 is 5.32 Å². The molecule has 2 heterocycles. The van der Waals surface area contributed by atoms with Crippen LogP contribution >= 0.6 is 0 Å². The third kappa shape index (κ3) is 4.16. The lowest BCUT2D eigenvalue weighted by atomic mass is 9.89. The van der Waals surface area contributed by atoms with Crippen molar-refractivity contribution in [1.29, 1.82) is 0 Å². The van der Waals surface area contributed by atoms with Crippen molar-refractivity contribution in [3.8, 4) is 0 Å². The highest BCUT2D eigenvalue weighted by Gasteiger charge is 2.29. The largest absolute Gasteiger partial charge is 0.394 e. The molecule has 2 N–H and O–H groups in total. The van der Waals surface area contributed by atoms with Gasteiger partial charge in [0.05, 0.1) is 18.8 Å². The van der Waals surface area contributed by atoms with Crippen LogP contribution in [-0.4, -0.2) is 51.4 Å². The summed E-state index contributed by atoms with van der Waals surface area (Å²) >= 11 is 0. The Morgan fingerprint density at radius 1 is 1.38 bits per heavy atom. The van der Waals surface area contributed by atoms with E-state index >= 15 is 0 Å². The van der Waals surface area contributed by atoms with Crippen LogP contribution in [0.2, 0.25) is 0 Å². The fourth-order valence-corrected chi connectivity index (χ4v) is 3.70. The van der Waals surface area contributed by atoms with Gasteiger partial charge in [-0.25, -0.2) is 0 Å². The number of carbonyl (C=O) groups excluding carboxylic acids is 1. The summed E-state index contributed by atoms with van der Waals surface area (Å²) in [5.41, 5.74) is 3.38. The number of carbonyl (C=O) groups is 1. The van der Waals surface area contributed by atoms with Crippen molar-refractivity contribution >= 4 is 5.91 Å². The first-order valence-corrected chi connectivity index (χ1v) is 9.16. The monoisotopic (exact) mass is 336 g/mol. The van der Waals surface area contributed by atoms with Crippen molar-refractivity contribution in [2.75, 3.05) is 19.7 Å². The molecule has 1 fully saturated rings. The van der Waals surface area contributed by atoms with E-state index in [-0.39, 0.29) is 12.5 Å². The second kappa shape index (κ2) is 8.62. The average molecular weight is 336 g/mol. The fraction of sp³-hybridized carbons (Fsp3) is 0.778. The molecule has 136 valence electrons. The summed E-state index contributed by atoms with van der Waals surface area (Å²) in [6.07, 6.45) is 2.68. The first-order chi connectivity index (χ1) is 11.5. The van der Waals surface area contributed by atoms with E-state index in [2.05, 4.69) is 24.3 Å². The van der Waals surface area contributed by atoms with Gasteiger partial charge in [0.1, 0.15) is 0 Å². The average Bonchev–Trinajstić information content (AvgIpc) is 2.86. The van der Waals surface area contributed by atoms with Gasteiger partial charge in [0.25, 0.3) is 0 Å². The van der Waals surface area contributed by atoms with E-state index < -0.39 is 0 Å². The van der Waals surface area contributed by atoms with Gasteiger partial charge in [-0.2, -0.15) is 5.10 Å². The summed E-state index contributed by atoms with van der Waals surface area (Å²) in [6, 6.07) is 0.441. The molecule has 1 aromatic rings. The van der Waals surface area contributed by atoms with Crippen molar-refractivity contribution in [3.63, 3.8) is 0 Å². The van der Waals surface area contributed by atoms with E-state index in [1.165, 1.54) is 5.56 Å². The van der Waals surface area contributed by atoms with Crippen molar-refractivity contribution in [2.45, 2.75) is 66.1 Å². The van der Waals surface area contributed by atoms with E-state index in [9.17, 15) is 4.79 Å². The predicted octanol–water partition coefficient (Wildman–Crippen LogP) is 1.62. The van der Waals surface area contributed by atoms with Gasteiger partial charge in [-0.3, -0.25) is 9.48 Å². The highest BCUT2D eigenvalue weighted by Crippen LogP contribution is 2.22. The summed E-state index contributed by atoms with van der Waals surface area (Å²) in [7, 11) is 0. The van der Waals surface area contributed by atoms with E-state index in [4.69, 9.17) is 5.11 Å². The van der Waals surface area contributed by atoms with Gasteiger partial charge >= 0.3 is 0 Å². The lowest BCUT2D eigenvalue weighted by Crippen LogP contribution is -2.50. The lowest BCUT2D eigenvalue weighted by Gasteiger charge is -2.38. The number of hydrogen-bond acceptors (Lipinski definition) is 4. The van der Waals surface area contributed by atoms with Gasteiger partial charge in [-0.15, -0.1) is 0 Å². The molecule has 1 amide bonds. The third-order valence-electron chi connectivity index (χ3n) is 5.30. The number of aliphatic hydroxyl groups is 1. The summed E-state index contributed by atoms with van der Waals surface area (Å²) in [6.45, 7) is 11.4. The molecule has 2 atom stereocenters. The minimum atomic E-state index is 0.108. The first kappa shape index (κ1) is 18.9. The maximum Gasteiger partial charge on any atom is 0.222 e. The number of hydrogen-bond donors (Lipinski definition) is 2. The summed E-state index contributed by atoms with van der Waals surface area (Å²) in [5, 5.41) is 17.3. The van der Waals surface area contributed by atoms with Crippen LogP contribution in [0.5, 0.6) is 0 Å². The highest BCUT2D eigenvalue weighted by molar-refractivity contribution is 5.75. The van der Waals surface area contributed by atoms with Crippen LogP contribution in [-0.2, 0) is 17.9 Å². The Hall–Kier alpha value is -1.40. The van der Waals surface area contributed by atoms with Crippen LogP contribution in [0.4, 0.5) is 0 Å². The maximum atomic E-state index is 11.9. The maximum absolute atomic E-state index is 11.9.